The van der Waals surface area contributed by atoms with Crippen molar-refractivity contribution < 1.29 is 19.1 Å². The first-order valence-corrected chi connectivity index (χ1v) is 5.82. The van der Waals surface area contributed by atoms with Crippen LogP contribution in [0.2, 0.25) is 0 Å². The van der Waals surface area contributed by atoms with Crippen LogP contribution in [-0.4, -0.2) is 29.8 Å². The van der Waals surface area contributed by atoms with Crippen LogP contribution in [0.15, 0.2) is 18.3 Å². The van der Waals surface area contributed by atoms with Crippen LogP contribution in [0.3, 0.4) is 0 Å². The molecular formula is C13H18N2O4. The molecule has 0 atom stereocenters. The van der Waals surface area contributed by atoms with Gasteiger partial charge < -0.3 is 9.47 Å². The highest BCUT2D eigenvalue weighted by Gasteiger charge is 2.16. The Labute approximate surface area is 112 Å². The standard InChI is InChI=1S/C13H18N2O4/c1-13(2,3)19-12(17)15-10-6-5-9(8-14-10)7-11(16)18-4/h5-6,8H,7H2,1-4H3,(H,14,15,17). The second-order valence-electron chi connectivity index (χ2n) is 4.93. The molecule has 1 aromatic rings. The third-order valence-electron chi connectivity index (χ3n) is 2.03. The molecule has 0 bridgehead atoms. The van der Waals surface area contributed by atoms with Crippen molar-refractivity contribution in [1.82, 2.24) is 4.98 Å². The fourth-order valence-electron chi connectivity index (χ4n) is 1.25. The summed E-state index contributed by atoms with van der Waals surface area (Å²) < 4.78 is 9.64. The molecule has 1 rings (SSSR count). The summed E-state index contributed by atoms with van der Waals surface area (Å²) in [6, 6.07) is 3.29. The van der Waals surface area contributed by atoms with Crippen LogP contribution in [0.1, 0.15) is 26.3 Å². The molecule has 1 aromatic heterocycles. The molecule has 6 heteroatoms. The van der Waals surface area contributed by atoms with Crippen LogP contribution >= 0.6 is 0 Å². The minimum absolute atomic E-state index is 0.149. The first-order valence-electron chi connectivity index (χ1n) is 5.82. The van der Waals surface area contributed by atoms with Gasteiger partial charge in [-0.15, -0.1) is 0 Å². The largest absolute Gasteiger partial charge is 0.469 e. The van der Waals surface area contributed by atoms with E-state index in [1.54, 1.807) is 32.9 Å². The van der Waals surface area contributed by atoms with Gasteiger partial charge in [-0.25, -0.2) is 9.78 Å². The average Bonchev–Trinajstić information content (AvgIpc) is 2.29. The highest BCUT2D eigenvalue weighted by molar-refractivity contribution is 5.83. The van der Waals surface area contributed by atoms with Crippen molar-refractivity contribution in [3.05, 3.63) is 23.9 Å². The SMILES string of the molecule is COC(=O)Cc1ccc(NC(=O)OC(C)(C)C)nc1. The molecule has 0 radical (unpaired) electrons. The highest BCUT2D eigenvalue weighted by Crippen LogP contribution is 2.10. The number of anilines is 1. The Balaban J connectivity index is 2.57. The summed E-state index contributed by atoms with van der Waals surface area (Å²) >= 11 is 0. The number of rotatable bonds is 3. The van der Waals surface area contributed by atoms with Crippen LogP contribution in [0.25, 0.3) is 0 Å². The number of methoxy groups -OCH3 is 1. The van der Waals surface area contributed by atoms with Crippen molar-refractivity contribution in [2.24, 2.45) is 0 Å². The molecule has 1 amide bonds. The van der Waals surface area contributed by atoms with Gasteiger partial charge >= 0.3 is 12.1 Å². The molecule has 1 heterocycles. The molecule has 104 valence electrons. The van der Waals surface area contributed by atoms with Gasteiger partial charge in [0.15, 0.2) is 0 Å². The molecule has 0 spiro atoms. The summed E-state index contributed by atoms with van der Waals surface area (Å²) in [5, 5.41) is 2.50. The monoisotopic (exact) mass is 266 g/mol. The topological polar surface area (TPSA) is 77.5 Å². The molecule has 0 aliphatic rings. The van der Waals surface area contributed by atoms with Crippen LogP contribution in [0.4, 0.5) is 10.6 Å². The van der Waals surface area contributed by atoms with E-state index >= 15 is 0 Å². The molecule has 0 aliphatic heterocycles. The predicted octanol–water partition coefficient (Wildman–Crippen LogP) is 2.14. The number of nitrogens with zero attached hydrogens (tertiary/aromatic N) is 1. The first-order chi connectivity index (χ1) is 8.80. The third-order valence-corrected chi connectivity index (χ3v) is 2.03. The van der Waals surface area contributed by atoms with E-state index in [-0.39, 0.29) is 12.4 Å². The second-order valence-corrected chi connectivity index (χ2v) is 4.93. The number of ether oxygens (including phenoxy) is 2. The lowest BCUT2D eigenvalue weighted by atomic mass is 10.2. The zero-order chi connectivity index (χ0) is 14.5. The molecule has 0 fully saturated rings. The molecule has 19 heavy (non-hydrogen) atoms. The molecule has 0 aliphatic carbocycles. The van der Waals surface area contributed by atoms with Gasteiger partial charge in [-0.1, -0.05) is 6.07 Å². The minimum atomic E-state index is -0.569. The Morgan fingerprint density at radius 1 is 1.32 bits per heavy atom. The van der Waals surface area contributed by atoms with E-state index in [0.717, 1.165) is 0 Å². The van der Waals surface area contributed by atoms with Crippen molar-refractivity contribution in [3.63, 3.8) is 0 Å². The van der Waals surface area contributed by atoms with Gasteiger partial charge in [-0.2, -0.15) is 0 Å². The van der Waals surface area contributed by atoms with E-state index in [1.807, 2.05) is 0 Å². The molecule has 0 saturated heterocycles. The summed E-state index contributed by atoms with van der Waals surface area (Å²) in [5.74, 6) is 0.0255. The summed E-state index contributed by atoms with van der Waals surface area (Å²) in [6.07, 6.45) is 1.08. The van der Waals surface area contributed by atoms with Gasteiger partial charge in [0.1, 0.15) is 11.4 Å². The van der Waals surface area contributed by atoms with Crippen molar-refractivity contribution in [2.45, 2.75) is 32.8 Å². The highest BCUT2D eigenvalue weighted by atomic mass is 16.6. The maximum absolute atomic E-state index is 11.5. The summed E-state index contributed by atoms with van der Waals surface area (Å²) in [4.78, 5) is 26.6. The number of esters is 1. The Morgan fingerprint density at radius 2 is 2.00 bits per heavy atom. The zero-order valence-corrected chi connectivity index (χ0v) is 11.5. The lowest BCUT2D eigenvalue weighted by Gasteiger charge is -2.19. The van der Waals surface area contributed by atoms with Gasteiger partial charge in [0.25, 0.3) is 0 Å². The normalized spacial score (nSPS) is 10.7. The molecule has 6 nitrogen and oxygen atoms in total. The number of nitrogens with one attached hydrogen (secondary N) is 1. The fourth-order valence-corrected chi connectivity index (χ4v) is 1.25. The summed E-state index contributed by atoms with van der Waals surface area (Å²) in [7, 11) is 1.33. The van der Waals surface area contributed by atoms with Crippen molar-refractivity contribution in [1.29, 1.82) is 0 Å². The smallest absolute Gasteiger partial charge is 0.413 e. The molecule has 0 unspecified atom stereocenters. The quantitative estimate of drug-likeness (QED) is 0.848. The molecule has 1 N–H and O–H groups in total. The van der Waals surface area contributed by atoms with E-state index in [1.165, 1.54) is 13.3 Å². The van der Waals surface area contributed by atoms with Gasteiger partial charge in [-0.3, -0.25) is 10.1 Å². The van der Waals surface area contributed by atoms with Gasteiger partial charge in [0.2, 0.25) is 0 Å². The number of hydrogen-bond acceptors (Lipinski definition) is 5. The Morgan fingerprint density at radius 3 is 2.47 bits per heavy atom. The minimum Gasteiger partial charge on any atom is -0.469 e. The van der Waals surface area contributed by atoms with Gasteiger partial charge in [-0.05, 0) is 32.4 Å². The molecule has 0 aromatic carbocycles. The number of aromatic nitrogens is 1. The fraction of sp³-hybridized carbons (Fsp3) is 0.462. The Kier molecular flexibility index (Phi) is 4.86. The first kappa shape index (κ1) is 14.9. The van der Waals surface area contributed by atoms with E-state index in [2.05, 4.69) is 15.0 Å². The number of amides is 1. The average molecular weight is 266 g/mol. The van der Waals surface area contributed by atoms with Crippen molar-refractivity contribution in [3.8, 4) is 0 Å². The number of hydrogen-bond donors (Lipinski definition) is 1. The lowest BCUT2D eigenvalue weighted by Crippen LogP contribution is -2.27. The molecular weight excluding hydrogens is 248 g/mol. The maximum atomic E-state index is 11.5. The van der Waals surface area contributed by atoms with Gasteiger partial charge in [0.05, 0.1) is 13.5 Å². The van der Waals surface area contributed by atoms with Crippen LogP contribution in [-0.2, 0) is 20.7 Å². The Bertz CT molecular complexity index is 449. The summed E-state index contributed by atoms with van der Waals surface area (Å²) in [6.45, 7) is 5.33. The number of carbonyl (C=O) groups excluding carboxylic acids is 2. The number of carbonyl (C=O) groups is 2. The Hall–Kier alpha value is -2.11. The van der Waals surface area contributed by atoms with Crippen LogP contribution < -0.4 is 5.32 Å². The second kappa shape index (κ2) is 6.17. The van der Waals surface area contributed by atoms with E-state index in [0.29, 0.717) is 11.4 Å². The number of pyridine rings is 1. The maximum Gasteiger partial charge on any atom is 0.413 e. The van der Waals surface area contributed by atoms with Crippen molar-refractivity contribution in [2.75, 3.05) is 12.4 Å². The lowest BCUT2D eigenvalue weighted by molar-refractivity contribution is -0.139. The van der Waals surface area contributed by atoms with Crippen molar-refractivity contribution >= 4 is 17.9 Å². The predicted molar refractivity (Wildman–Crippen MR) is 69.8 cm³/mol. The van der Waals surface area contributed by atoms with E-state index in [9.17, 15) is 9.59 Å². The van der Waals surface area contributed by atoms with Crippen LogP contribution in [0, 0.1) is 0 Å². The van der Waals surface area contributed by atoms with E-state index in [4.69, 9.17) is 4.74 Å². The summed E-state index contributed by atoms with van der Waals surface area (Å²) in [5.41, 5.74) is 0.149. The third kappa shape index (κ3) is 5.85. The zero-order valence-electron chi connectivity index (χ0n) is 11.5. The molecule has 0 saturated carbocycles. The van der Waals surface area contributed by atoms with Gasteiger partial charge in [0, 0.05) is 6.20 Å². The van der Waals surface area contributed by atoms with E-state index < -0.39 is 11.7 Å². The van der Waals surface area contributed by atoms with Crippen LogP contribution in [0.5, 0.6) is 0 Å².